The molecule has 0 saturated carbocycles. The smallest absolute Gasteiger partial charge is 0.416 e. The van der Waals surface area contributed by atoms with Crippen LogP contribution in [0.2, 0.25) is 0 Å². The van der Waals surface area contributed by atoms with E-state index in [9.17, 15) is 18.0 Å². The van der Waals surface area contributed by atoms with Crippen LogP contribution in [0.5, 0.6) is 5.75 Å². The Morgan fingerprint density at radius 3 is 2.43 bits per heavy atom. The van der Waals surface area contributed by atoms with E-state index >= 15 is 0 Å². The van der Waals surface area contributed by atoms with Gasteiger partial charge >= 0.3 is 6.18 Å². The molecule has 0 heterocycles. The van der Waals surface area contributed by atoms with Gasteiger partial charge in [0.2, 0.25) is 0 Å². The van der Waals surface area contributed by atoms with Crippen molar-refractivity contribution in [2.24, 2.45) is 0 Å². The maximum atomic E-state index is 12.6. The first-order chi connectivity index (χ1) is 10.4. The van der Waals surface area contributed by atoms with E-state index in [1.807, 2.05) is 0 Å². The van der Waals surface area contributed by atoms with E-state index in [4.69, 9.17) is 4.74 Å². The number of ketones is 1. The molecule has 0 aliphatic rings. The Morgan fingerprint density at radius 2 is 1.78 bits per heavy atom. The van der Waals surface area contributed by atoms with Crippen molar-refractivity contribution in [3.63, 3.8) is 0 Å². The van der Waals surface area contributed by atoms with Gasteiger partial charge in [-0.15, -0.1) is 12.4 Å². The SMILES string of the molecule is COc1cccc(C(=O)CCc2cccc(C(F)(F)F)c2)c1.Cl. The zero-order valence-corrected chi connectivity index (χ0v) is 13.2. The predicted molar refractivity (Wildman–Crippen MR) is 84.3 cm³/mol. The van der Waals surface area contributed by atoms with E-state index < -0.39 is 11.7 Å². The molecule has 0 aromatic heterocycles. The number of methoxy groups -OCH3 is 1. The molecule has 2 rings (SSSR count). The summed E-state index contributed by atoms with van der Waals surface area (Å²) in [6.45, 7) is 0. The molecule has 0 radical (unpaired) electrons. The molecular formula is C17H16ClF3O2. The normalized spacial score (nSPS) is 10.8. The molecule has 2 aromatic rings. The van der Waals surface area contributed by atoms with E-state index in [1.54, 1.807) is 30.3 Å². The summed E-state index contributed by atoms with van der Waals surface area (Å²) in [5, 5.41) is 0. The highest BCUT2D eigenvalue weighted by Crippen LogP contribution is 2.29. The van der Waals surface area contributed by atoms with E-state index in [0.717, 1.165) is 12.1 Å². The zero-order chi connectivity index (χ0) is 16.2. The van der Waals surface area contributed by atoms with E-state index in [1.165, 1.54) is 13.2 Å². The molecule has 124 valence electrons. The van der Waals surface area contributed by atoms with E-state index in [-0.39, 0.29) is 31.0 Å². The highest BCUT2D eigenvalue weighted by Gasteiger charge is 2.30. The van der Waals surface area contributed by atoms with Crippen molar-refractivity contribution in [2.45, 2.75) is 19.0 Å². The van der Waals surface area contributed by atoms with Crippen molar-refractivity contribution < 1.29 is 22.7 Å². The Kier molecular flexibility index (Phi) is 6.63. The maximum Gasteiger partial charge on any atom is 0.416 e. The minimum atomic E-state index is -4.37. The molecule has 0 bridgehead atoms. The number of halogens is 4. The number of aryl methyl sites for hydroxylation is 1. The summed E-state index contributed by atoms with van der Waals surface area (Å²) in [6.07, 6.45) is -3.96. The van der Waals surface area contributed by atoms with Crippen molar-refractivity contribution in [1.29, 1.82) is 0 Å². The third kappa shape index (κ3) is 5.28. The largest absolute Gasteiger partial charge is 0.497 e. The maximum absolute atomic E-state index is 12.6. The highest BCUT2D eigenvalue weighted by atomic mass is 35.5. The summed E-state index contributed by atoms with van der Waals surface area (Å²) in [5.74, 6) is 0.446. The number of carbonyl (C=O) groups excluding carboxylic acids is 1. The number of hydrogen-bond donors (Lipinski definition) is 0. The van der Waals surface area contributed by atoms with Crippen LogP contribution in [0, 0.1) is 0 Å². The van der Waals surface area contributed by atoms with Gasteiger partial charge in [-0.3, -0.25) is 4.79 Å². The van der Waals surface area contributed by atoms with Crippen LogP contribution < -0.4 is 4.74 Å². The Balaban J connectivity index is 0.00000264. The summed E-state index contributed by atoms with van der Waals surface area (Å²) in [7, 11) is 1.51. The van der Waals surface area contributed by atoms with Gasteiger partial charge in [0.1, 0.15) is 5.75 Å². The van der Waals surface area contributed by atoms with Crippen LogP contribution >= 0.6 is 12.4 Å². The molecule has 0 N–H and O–H groups in total. The fraction of sp³-hybridized carbons (Fsp3) is 0.235. The molecule has 0 aliphatic carbocycles. The summed E-state index contributed by atoms with van der Waals surface area (Å²) in [4.78, 5) is 12.1. The zero-order valence-electron chi connectivity index (χ0n) is 12.4. The van der Waals surface area contributed by atoms with Gasteiger partial charge in [-0.1, -0.05) is 30.3 Å². The first kappa shape index (κ1) is 19.0. The van der Waals surface area contributed by atoms with Crippen LogP contribution in [0.3, 0.4) is 0 Å². The lowest BCUT2D eigenvalue weighted by atomic mass is 10.0. The van der Waals surface area contributed by atoms with Gasteiger partial charge in [0.05, 0.1) is 12.7 Å². The quantitative estimate of drug-likeness (QED) is 0.717. The van der Waals surface area contributed by atoms with Crippen molar-refractivity contribution in [1.82, 2.24) is 0 Å². The lowest BCUT2D eigenvalue weighted by molar-refractivity contribution is -0.137. The third-order valence-corrected chi connectivity index (χ3v) is 3.29. The molecule has 6 heteroatoms. The molecule has 0 unspecified atom stereocenters. The first-order valence-electron chi connectivity index (χ1n) is 6.73. The lowest BCUT2D eigenvalue weighted by Crippen LogP contribution is -2.06. The Bertz CT molecular complexity index is 669. The fourth-order valence-electron chi connectivity index (χ4n) is 2.10. The summed E-state index contributed by atoms with van der Waals surface area (Å²) >= 11 is 0. The average Bonchev–Trinajstić information content (AvgIpc) is 2.52. The van der Waals surface area contributed by atoms with E-state index in [0.29, 0.717) is 16.9 Å². The van der Waals surface area contributed by atoms with Crippen molar-refractivity contribution >= 4 is 18.2 Å². The van der Waals surface area contributed by atoms with Gasteiger partial charge in [-0.05, 0) is 30.2 Å². The number of Topliss-reactive ketones (excluding diaryl/α,β-unsaturated/α-hetero) is 1. The second-order valence-corrected chi connectivity index (χ2v) is 4.85. The molecule has 23 heavy (non-hydrogen) atoms. The number of hydrogen-bond acceptors (Lipinski definition) is 2. The number of alkyl halides is 3. The van der Waals surface area contributed by atoms with Crippen molar-refractivity contribution in [3.8, 4) is 5.75 Å². The summed E-state index contributed by atoms with van der Waals surface area (Å²) < 4.78 is 42.9. The van der Waals surface area contributed by atoms with Crippen LogP contribution in [-0.4, -0.2) is 12.9 Å². The molecule has 0 spiro atoms. The number of benzene rings is 2. The fourth-order valence-corrected chi connectivity index (χ4v) is 2.10. The van der Waals surface area contributed by atoms with Gasteiger partial charge in [0.25, 0.3) is 0 Å². The van der Waals surface area contributed by atoms with Crippen molar-refractivity contribution in [2.75, 3.05) is 7.11 Å². The Labute approximate surface area is 138 Å². The topological polar surface area (TPSA) is 26.3 Å². The van der Waals surface area contributed by atoms with Crippen LogP contribution in [0.4, 0.5) is 13.2 Å². The van der Waals surface area contributed by atoms with Gasteiger partial charge in [-0.2, -0.15) is 13.2 Å². The average molecular weight is 345 g/mol. The highest BCUT2D eigenvalue weighted by molar-refractivity contribution is 5.96. The molecule has 0 atom stereocenters. The number of carbonyl (C=O) groups is 1. The standard InChI is InChI=1S/C17H15F3O2.ClH/c1-22-15-7-3-5-13(11-15)16(21)9-8-12-4-2-6-14(10-12)17(18,19)20;/h2-7,10-11H,8-9H2,1H3;1H. The minimum Gasteiger partial charge on any atom is -0.497 e. The Morgan fingerprint density at radius 1 is 1.09 bits per heavy atom. The van der Waals surface area contributed by atoms with Crippen LogP contribution in [0.15, 0.2) is 48.5 Å². The summed E-state index contributed by atoms with van der Waals surface area (Å²) in [6, 6.07) is 11.8. The van der Waals surface area contributed by atoms with Crippen LogP contribution in [0.1, 0.15) is 27.9 Å². The molecule has 0 saturated heterocycles. The molecule has 0 aliphatic heterocycles. The van der Waals surface area contributed by atoms with Gasteiger partial charge in [-0.25, -0.2) is 0 Å². The monoisotopic (exact) mass is 344 g/mol. The molecular weight excluding hydrogens is 329 g/mol. The van der Waals surface area contributed by atoms with Gasteiger partial charge in [0, 0.05) is 12.0 Å². The molecule has 2 aromatic carbocycles. The first-order valence-corrected chi connectivity index (χ1v) is 6.73. The second-order valence-electron chi connectivity index (χ2n) is 4.85. The molecule has 0 amide bonds. The van der Waals surface area contributed by atoms with Gasteiger partial charge < -0.3 is 4.74 Å². The molecule has 0 fully saturated rings. The van der Waals surface area contributed by atoms with E-state index in [2.05, 4.69) is 0 Å². The molecule has 2 nitrogen and oxygen atoms in total. The second kappa shape index (κ2) is 8.02. The minimum absolute atomic E-state index is 0. The predicted octanol–water partition coefficient (Wildman–Crippen LogP) is 4.95. The van der Waals surface area contributed by atoms with Crippen LogP contribution in [0.25, 0.3) is 0 Å². The number of rotatable bonds is 5. The van der Waals surface area contributed by atoms with Crippen LogP contribution in [-0.2, 0) is 12.6 Å². The summed E-state index contributed by atoms with van der Waals surface area (Å²) in [5.41, 5.74) is 0.288. The Hall–Kier alpha value is -2.01. The van der Waals surface area contributed by atoms with Crippen molar-refractivity contribution in [3.05, 3.63) is 65.2 Å². The third-order valence-electron chi connectivity index (χ3n) is 3.29. The number of ether oxygens (including phenoxy) is 1. The van der Waals surface area contributed by atoms with Gasteiger partial charge in [0.15, 0.2) is 5.78 Å². The lowest BCUT2D eigenvalue weighted by Gasteiger charge is -2.08.